The number of hydrogen-bond donors (Lipinski definition) is 1. The first-order valence-corrected chi connectivity index (χ1v) is 6.47. The predicted octanol–water partition coefficient (Wildman–Crippen LogP) is 2.89. The first-order valence-electron chi connectivity index (χ1n) is 6.47. The molecule has 1 aromatic carbocycles. The molecule has 0 fully saturated rings. The molecule has 3 rings (SSSR count). The third kappa shape index (κ3) is 2.21. The van der Waals surface area contributed by atoms with E-state index in [1.54, 1.807) is 6.20 Å². The molecule has 2 aromatic rings. The van der Waals surface area contributed by atoms with Gasteiger partial charge in [-0.1, -0.05) is 12.1 Å². The van der Waals surface area contributed by atoms with Gasteiger partial charge >= 0.3 is 0 Å². The van der Waals surface area contributed by atoms with Crippen molar-refractivity contribution in [3.05, 3.63) is 42.1 Å². The third-order valence-electron chi connectivity index (χ3n) is 3.35. The van der Waals surface area contributed by atoms with Gasteiger partial charge in [0.1, 0.15) is 11.6 Å². The van der Waals surface area contributed by atoms with Gasteiger partial charge in [-0.25, -0.2) is 4.98 Å². The van der Waals surface area contributed by atoms with Crippen LogP contribution in [0.3, 0.4) is 0 Å². The molecule has 0 amide bonds. The van der Waals surface area contributed by atoms with E-state index in [-0.39, 0.29) is 0 Å². The highest BCUT2D eigenvalue weighted by molar-refractivity contribution is 5.68. The molecule has 2 heterocycles. The highest BCUT2D eigenvalue weighted by Crippen LogP contribution is 2.35. The minimum Gasteiger partial charge on any atom is -0.491 e. The Morgan fingerprint density at radius 3 is 3.00 bits per heavy atom. The summed E-state index contributed by atoms with van der Waals surface area (Å²) >= 11 is 0. The molecule has 4 nitrogen and oxygen atoms in total. The summed E-state index contributed by atoms with van der Waals surface area (Å²) in [7, 11) is 0. The van der Waals surface area contributed by atoms with E-state index in [1.807, 2.05) is 31.2 Å². The van der Waals surface area contributed by atoms with Crippen LogP contribution in [-0.2, 0) is 0 Å². The monoisotopic (exact) mass is 255 g/mol. The molecule has 19 heavy (non-hydrogen) atoms. The van der Waals surface area contributed by atoms with Gasteiger partial charge in [-0.15, -0.1) is 0 Å². The van der Waals surface area contributed by atoms with E-state index in [1.165, 1.54) is 0 Å². The summed E-state index contributed by atoms with van der Waals surface area (Å²) < 4.78 is 5.76. The maximum Gasteiger partial charge on any atom is 0.142 e. The van der Waals surface area contributed by atoms with Gasteiger partial charge in [-0.2, -0.15) is 0 Å². The Labute approximate surface area is 112 Å². The van der Waals surface area contributed by atoms with Gasteiger partial charge in [0.15, 0.2) is 0 Å². The predicted molar refractivity (Wildman–Crippen MR) is 76.9 cm³/mol. The van der Waals surface area contributed by atoms with Crippen molar-refractivity contribution < 1.29 is 4.74 Å². The van der Waals surface area contributed by atoms with Crippen LogP contribution in [0.1, 0.15) is 12.0 Å². The van der Waals surface area contributed by atoms with Gasteiger partial charge in [0.2, 0.25) is 0 Å². The van der Waals surface area contributed by atoms with Crippen LogP contribution in [0.25, 0.3) is 0 Å². The van der Waals surface area contributed by atoms with E-state index in [9.17, 15) is 0 Å². The van der Waals surface area contributed by atoms with E-state index in [0.29, 0.717) is 0 Å². The second kappa shape index (κ2) is 4.80. The molecule has 0 aliphatic carbocycles. The number of rotatable bonds is 1. The van der Waals surface area contributed by atoms with Crippen LogP contribution in [0, 0.1) is 6.92 Å². The van der Waals surface area contributed by atoms with Crippen LogP contribution in [0.2, 0.25) is 0 Å². The fourth-order valence-corrected chi connectivity index (χ4v) is 2.26. The molecule has 0 bridgehead atoms. The van der Waals surface area contributed by atoms with Gasteiger partial charge in [0.25, 0.3) is 0 Å². The summed E-state index contributed by atoms with van der Waals surface area (Å²) in [5.74, 6) is 1.83. The Balaban J connectivity index is 2.06. The third-order valence-corrected chi connectivity index (χ3v) is 3.35. The molecule has 4 heteroatoms. The second-order valence-corrected chi connectivity index (χ2v) is 4.72. The fourth-order valence-electron chi connectivity index (χ4n) is 2.26. The first kappa shape index (κ1) is 11.8. The zero-order valence-electron chi connectivity index (χ0n) is 11.0. The highest BCUT2D eigenvalue weighted by atomic mass is 16.5. The maximum absolute atomic E-state index is 5.84. The zero-order chi connectivity index (χ0) is 13.2. The number of anilines is 3. The molecule has 1 aliphatic rings. The molecule has 0 saturated heterocycles. The molecular formula is C15H17N3O. The molecule has 2 N–H and O–H groups in total. The molecule has 0 radical (unpaired) electrons. The standard InChI is InChI=1S/C15H17N3O/c1-11-9-15(17-10-12(11)16)18-7-4-8-19-14-6-3-2-5-13(14)18/h2-3,5-6,9-10H,4,7-8,16H2,1H3. The van der Waals surface area contributed by atoms with E-state index in [0.717, 1.165) is 48.1 Å². The number of fused-ring (bicyclic) bond motifs is 1. The topological polar surface area (TPSA) is 51.4 Å². The van der Waals surface area contributed by atoms with Gasteiger partial charge < -0.3 is 15.4 Å². The normalized spacial score (nSPS) is 14.5. The number of benzene rings is 1. The smallest absolute Gasteiger partial charge is 0.142 e. The van der Waals surface area contributed by atoms with Crippen molar-refractivity contribution in [2.75, 3.05) is 23.8 Å². The van der Waals surface area contributed by atoms with Crippen molar-refractivity contribution in [2.24, 2.45) is 0 Å². The van der Waals surface area contributed by atoms with E-state index in [4.69, 9.17) is 10.5 Å². The summed E-state index contributed by atoms with van der Waals surface area (Å²) in [6, 6.07) is 10.1. The van der Waals surface area contributed by atoms with Crippen molar-refractivity contribution >= 4 is 17.2 Å². The number of ether oxygens (including phenoxy) is 1. The summed E-state index contributed by atoms with van der Waals surface area (Å²) in [5.41, 5.74) is 8.68. The van der Waals surface area contributed by atoms with Crippen LogP contribution < -0.4 is 15.4 Å². The van der Waals surface area contributed by atoms with Crippen molar-refractivity contribution in [1.29, 1.82) is 0 Å². The lowest BCUT2D eigenvalue weighted by Gasteiger charge is -2.23. The summed E-state index contributed by atoms with van der Waals surface area (Å²) in [6.45, 7) is 3.63. The van der Waals surface area contributed by atoms with E-state index >= 15 is 0 Å². The molecule has 0 atom stereocenters. The summed E-state index contributed by atoms with van der Waals surface area (Å²) in [4.78, 5) is 6.64. The van der Waals surface area contributed by atoms with Crippen LogP contribution in [0.5, 0.6) is 5.75 Å². The molecule has 98 valence electrons. The lowest BCUT2D eigenvalue weighted by Crippen LogP contribution is -2.19. The number of pyridine rings is 1. The Kier molecular flexibility index (Phi) is 2.99. The average Bonchev–Trinajstić information content (AvgIpc) is 2.64. The lowest BCUT2D eigenvalue weighted by atomic mass is 10.2. The number of nitrogens with two attached hydrogens (primary N) is 1. The van der Waals surface area contributed by atoms with Crippen LogP contribution in [0.15, 0.2) is 36.5 Å². The maximum atomic E-state index is 5.84. The van der Waals surface area contributed by atoms with Crippen LogP contribution in [0.4, 0.5) is 17.2 Å². The first-order chi connectivity index (χ1) is 9.25. The van der Waals surface area contributed by atoms with Crippen molar-refractivity contribution in [3.63, 3.8) is 0 Å². The summed E-state index contributed by atoms with van der Waals surface area (Å²) in [5, 5.41) is 0. The van der Waals surface area contributed by atoms with Gasteiger partial charge in [0.05, 0.1) is 24.2 Å². The number of nitrogen functional groups attached to an aromatic ring is 1. The molecule has 1 aromatic heterocycles. The Bertz CT molecular complexity index is 598. The Morgan fingerprint density at radius 2 is 2.16 bits per heavy atom. The molecule has 0 spiro atoms. The minimum atomic E-state index is 0.725. The SMILES string of the molecule is Cc1cc(N2CCCOc3ccccc32)ncc1N. The number of nitrogens with zero attached hydrogens (tertiary/aromatic N) is 2. The lowest BCUT2D eigenvalue weighted by molar-refractivity contribution is 0.322. The summed E-state index contributed by atoms with van der Waals surface area (Å²) in [6.07, 6.45) is 2.69. The van der Waals surface area contributed by atoms with E-state index < -0.39 is 0 Å². The van der Waals surface area contributed by atoms with Crippen molar-refractivity contribution in [3.8, 4) is 5.75 Å². The zero-order valence-corrected chi connectivity index (χ0v) is 11.0. The fraction of sp³-hybridized carbons (Fsp3) is 0.267. The number of aromatic nitrogens is 1. The molecular weight excluding hydrogens is 238 g/mol. The quantitative estimate of drug-likeness (QED) is 0.851. The van der Waals surface area contributed by atoms with Crippen molar-refractivity contribution in [2.45, 2.75) is 13.3 Å². The van der Waals surface area contributed by atoms with Gasteiger partial charge in [-0.05, 0) is 37.1 Å². The number of aryl methyl sites for hydroxylation is 1. The second-order valence-electron chi connectivity index (χ2n) is 4.72. The van der Waals surface area contributed by atoms with E-state index in [2.05, 4.69) is 16.0 Å². The Hall–Kier alpha value is -2.23. The van der Waals surface area contributed by atoms with Crippen LogP contribution in [-0.4, -0.2) is 18.1 Å². The highest BCUT2D eigenvalue weighted by Gasteiger charge is 2.18. The minimum absolute atomic E-state index is 0.725. The van der Waals surface area contributed by atoms with Gasteiger partial charge in [0, 0.05) is 6.54 Å². The number of hydrogen-bond acceptors (Lipinski definition) is 4. The average molecular weight is 255 g/mol. The van der Waals surface area contributed by atoms with Crippen LogP contribution >= 0.6 is 0 Å². The largest absolute Gasteiger partial charge is 0.491 e. The number of para-hydroxylation sites is 2. The van der Waals surface area contributed by atoms with Crippen molar-refractivity contribution in [1.82, 2.24) is 4.98 Å². The Morgan fingerprint density at radius 1 is 1.32 bits per heavy atom. The molecule has 0 saturated carbocycles. The van der Waals surface area contributed by atoms with Gasteiger partial charge in [-0.3, -0.25) is 0 Å². The molecule has 1 aliphatic heterocycles. The molecule has 0 unspecified atom stereocenters.